The Bertz CT molecular complexity index is 425. The molecule has 2 heterocycles. The predicted molar refractivity (Wildman–Crippen MR) is 82.1 cm³/mol. The lowest BCUT2D eigenvalue weighted by atomic mass is 9.90. The first-order valence-electron chi connectivity index (χ1n) is 7.03. The molecule has 0 radical (unpaired) electrons. The van der Waals surface area contributed by atoms with E-state index in [0.717, 1.165) is 35.5 Å². The van der Waals surface area contributed by atoms with Gasteiger partial charge in [0, 0.05) is 19.1 Å². The lowest BCUT2D eigenvalue weighted by Crippen LogP contribution is -2.41. The minimum atomic E-state index is 0.655. The Hall–Kier alpha value is -0.800. The number of rotatable bonds is 3. The highest BCUT2D eigenvalue weighted by atomic mass is 35.5. The van der Waals surface area contributed by atoms with Gasteiger partial charge in [-0.05, 0) is 58.8 Å². The molecule has 0 spiro atoms. The monoisotopic (exact) mass is 281 g/mol. The SMILES string of the molecule is Cc1nc(N2CCC(C(C)N(C)C)CC2)ccc1Cl. The summed E-state index contributed by atoms with van der Waals surface area (Å²) in [5, 5.41) is 0.750. The minimum absolute atomic E-state index is 0.655. The molecule has 1 fully saturated rings. The smallest absolute Gasteiger partial charge is 0.128 e. The molecular formula is C15H24ClN3. The van der Waals surface area contributed by atoms with E-state index < -0.39 is 0 Å². The minimum Gasteiger partial charge on any atom is -0.357 e. The van der Waals surface area contributed by atoms with Crippen LogP contribution in [0.3, 0.4) is 0 Å². The van der Waals surface area contributed by atoms with E-state index >= 15 is 0 Å². The second kappa shape index (κ2) is 6.10. The standard InChI is InChI=1S/C15H24ClN3/c1-11-14(16)5-6-15(17-11)19-9-7-13(8-10-19)12(2)18(3)4/h5-6,12-13H,7-10H2,1-4H3. The molecule has 0 amide bonds. The molecule has 106 valence electrons. The molecule has 1 atom stereocenters. The van der Waals surface area contributed by atoms with Crippen molar-refractivity contribution in [2.45, 2.75) is 32.7 Å². The van der Waals surface area contributed by atoms with Crippen molar-refractivity contribution in [3.63, 3.8) is 0 Å². The van der Waals surface area contributed by atoms with Crippen molar-refractivity contribution in [2.75, 3.05) is 32.1 Å². The third-order valence-corrected chi connectivity index (χ3v) is 4.77. The van der Waals surface area contributed by atoms with Crippen LogP contribution in [0.4, 0.5) is 5.82 Å². The molecule has 2 rings (SSSR count). The first-order valence-corrected chi connectivity index (χ1v) is 7.41. The molecule has 1 unspecified atom stereocenters. The fourth-order valence-electron chi connectivity index (χ4n) is 2.74. The molecule has 1 aliphatic heterocycles. The predicted octanol–water partition coefficient (Wildman–Crippen LogP) is 3.21. The first-order chi connectivity index (χ1) is 8.99. The number of aryl methyl sites for hydroxylation is 1. The van der Waals surface area contributed by atoms with Gasteiger partial charge in [0.15, 0.2) is 0 Å². The maximum absolute atomic E-state index is 6.03. The summed E-state index contributed by atoms with van der Waals surface area (Å²) in [5.74, 6) is 1.86. The van der Waals surface area contributed by atoms with Gasteiger partial charge in [0.1, 0.15) is 5.82 Å². The van der Waals surface area contributed by atoms with Gasteiger partial charge < -0.3 is 9.80 Å². The van der Waals surface area contributed by atoms with E-state index in [1.807, 2.05) is 19.1 Å². The Balaban J connectivity index is 1.98. The quantitative estimate of drug-likeness (QED) is 0.848. The largest absolute Gasteiger partial charge is 0.357 e. The van der Waals surface area contributed by atoms with E-state index in [9.17, 15) is 0 Å². The zero-order valence-electron chi connectivity index (χ0n) is 12.4. The number of anilines is 1. The van der Waals surface area contributed by atoms with Gasteiger partial charge in [-0.25, -0.2) is 4.98 Å². The summed E-state index contributed by atoms with van der Waals surface area (Å²) in [4.78, 5) is 9.29. The Morgan fingerprint density at radius 3 is 2.47 bits per heavy atom. The van der Waals surface area contributed by atoms with Crippen LogP contribution in [0, 0.1) is 12.8 Å². The summed E-state index contributed by atoms with van der Waals surface area (Å²) in [5.41, 5.74) is 0.919. The number of hydrogen-bond donors (Lipinski definition) is 0. The summed E-state index contributed by atoms with van der Waals surface area (Å²) in [6.07, 6.45) is 2.48. The Morgan fingerprint density at radius 2 is 1.95 bits per heavy atom. The van der Waals surface area contributed by atoms with Crippen LogP contribution >= 0.6 is 11.6 Å². The van der Waals surface area contributed by atoms with E-state index in [1.165, 1.54) is 12.8 Å². The summed E-state index contributed by atoms with van der Waals surface area (Å²) < 4.78 is 0. The lowest BCUT2D eigenvalue weighted by molar-refractivity contribution is 0.199. The van der Waals surface area contributed by atoms with Crippen LogP contribution < -0.4 is 4.90 Å². The third kappa shape index (κ3) is 3.40. The van der Waals surface area contributed by atoms with E-state index in [0.29, 0.717) is 6.04 Å². The van der Waals surface area contributed by atoms with Crippen LogP contribution in [-0.4, -0.2) is 43.1 Å². The maximum atomic E-state index is 6.03. The van der Waals surface area contributed by atoms with E-state index in [2.05, 4.69) is 35.8 Å². The molecule has 19 heavy (non-hydrogen) atoms. The molecule has 0 saturated carbocycles. The van der Waals surface area contributed by atoms with E-state index in [1.54, 1.807) is 0 Å². The van der Waals surface area contributed by atoms with Gasteiger partial charge in [-0.2, -0.15) is 0 Å². The van der Waals surface area contributed by atoms with Crippen LogP contribution in [0.2, 0.25) is 5.02 Å². The number of pyridine rings is 1. The van der Waals surface area contributed by atoms with Crippen molar-refractivity contribution in [3.05, 3.63) is 22.8 Å². The number of nitrogens with zero attached hydrogens (tertiary/aromatic N) is 3. The van der Waals surface area contributed by atoms with E-state index in [4.69, 9.17) is 11.6 Å². The molecule has 0 bridgehead atoms. The van der Waals surface area contributed by atoms with Gasteiger partial charge >= 0.3 is 0 Å². The average Bonchev–Trinajstić information content (AvgIpc) is 2.41. The second-order valence-corrected chi connectivity index (χ2v) is 6.17. The van der Waals surface area contributed by atoms with Crippen molar-refractivity contribution >= 4 is 17.4 Å². The Morgan fingerprint density at radius 1 is 1.32 bits per heavy atom. The van der Waals surface area contributed by atoms with Crippen molar-refractivity contribution < 1.29 is 0 Å². The highest BCUT2D eigenvalue weighted by Gasteiger charge is 2.25. The topological polar surface area (TPSA) is 19.4 Å². The number of piperidine rings is 1. The summed E-state index contributed by atoms with van der Waals surface area (Å²) >= 11 is 6.03. The van der Waals surface area contributed by atoms with Crippen molar-refractivity contribution in [2.24, 2.45) is 5.92 Å². The van der Waals surface area contributed by atoms with Crippen molar-refractivity contribution in [1.82, 2.24) is 9.88 Å². The van der Waals surface area contributed by atoms with Gasteiger partial charge in [-0.1, -0.05) is 11.6 Å². The molecule has 0 N–H and O–H groups in total. The van der Waals surface area contributed by atoms with Gasteiger partial charge in [0.05, 0.1) is 10.7 Å². The average molecular weight is 282 g/mol. The fourth-order valence-corrected chi connectivity index (χ4v) is 2.84. The van der Waals surface area contributed by atoms with Gasteiger partial charge in [-0.3, -0.25) is 0 Å². The third-order valence-electron chi connectivity index (χ3n) is 4.37. The summed E-state index contributed by atoms with van der Waals surface area (Å²) in [7, 11) is 4.34. The first kappa shape index (κ1) is 14.6. The molecule has 4 heteroatoms. The Kier molecular flexibility index (Phi) is 4.69. The van der Waals surface area contributed by atoms with Crippen molar-refractivity contribution in [3.8, 4) is 0 Å². The Labute approximate surface area is 121 Å². The molecule has 1 aliphatic rings. The molecule has 0 aliphatic carbocycles. The highest BCUT2D eigenvalue weighted by molar-refractivity contribution is 6.31. The van der Waals surface area contributed by atoms with Gasteiger partial charge in [-0.15, -0.1) is 0 Å². The summed E-state index contributed by atoms with van der Waals surface area (Å²) in [6.45, 7) is 6.48. The molecule has 3 nitrogen and oxygen atoms in total. The molecular weight excluding hydrogens is 258 g/mol. The molecule has 0 aromatic carbocycles. The van der Waals surface area contributed by atoms with Crippen LogP contribution in [0.1, 0.15) is 25.5 Å². The second-order valence-electron chi connectivity index (χ2n) is 5.77. The van der Waals surface area contributed by atoms with Crippen LogP contribution in [0.5, 0.6) is 0 Å². The molecule has 1 aromatic rings. The van der Waals surface area contributed by atoms with Crippen LogP contribution in [0.25, 0.3) is 0 Å². The van der Waals surface area contributed by atoms with Gasteiger partial charge in [0.2, 0.25) is 0 Å². The zero-order chi connectivity index (χ0) is 14.0. The van der Waals surface area contributed by atoms with Crippen molar-refractivity contribution in [1.29, 1.82) is 0 Å². The number of halogens is 1. The molecule has 1 aromatic heterocycles. The normalized spacial score (nSPS) is 18.9. The van der Waals surface area contributed by atoms with Crippen LogP contribution in [0.15, 0.2) is 12.1 Å². The number of aromatic nitrogens is 1. The molecule has 1 saturated heterocycles. The van der Waals surface area contributed by atoms with Gasteiger partial charge in [0.25, 0.3) is 0 Å². The number of hydrogen-bond acceptors (Lipinski definition) is 3. The summed E-state index contributed by atoms with van der Waals surface area (Å²) in [6, 6.07) is 4.64. The van der Waals surface area contributed by atoms with E-state index in [-0.39, 0.29) is 0 Å². The fraction of sp³-hybridized carbons (Fsp3) is 0.667. The maximum Gasteiger partial charge on any atom is 0.128 e. The lowest BCUT2D eigenvalue weighted by Gasteiger charge is -2.37. The highest BCUT2D eigenvalue weighted by Crippen LogP contribution is 2.26. The zero-order valence-corrected chi connectivity index (χ0v) is 13.1. The van der Waals surface area contributed by atoms with Crippen LogP contribution in [-0.2, 0) is 0 Å².